The normalized spacial score (nSPS) is 10.3. The second-order valence-electron chi connectivity index (χ2n) is 5.09. The molecule has 0 spiro atoms. The summed E-state index contributed by atoms with van der Waals surface area (Å²) in [7, 11) is 0. The van der Waals surface area contributed by atoms with Gasteiger partial charge in [-0.25, -0.2) is 0 Å². The van der Waals surface area contributed by atoms with Crippen LogP contribution in [0.3, 0.4) is 0 Å². The number of rotatable bonds is 5. The SMILES string of the molecule is CC(C)Oc1cccc(C(=O)Nc2ccc(C(N)=O)cc2)c1. The topological polar surface area (TPSA) is 81.4 Å². The molecular formula is C17H18N2O3. The van der Waals surface area contributed by atoms with Gasteiger partial charge < -0.3 is 15.8 Å². The fraction of sp³-hybridized carbons (Fsp3) is 0.176. The van der Waals surface area contributed by atoms with Gasteiger partial charge in [-0.1, -0.05) is 6.07 Å². The van der Waals surface area contributed by atoms with Gasteiger partial charge in [0, 0.05) is 16.8 Å². The van der Waals surface area contributed by atoms with E-state index in [1.165, 1.54) is 0 Å². The summed E-state index contributed by atoms with van der Waals surface area (Å²) < 4.78 is 5.57. The number of carbonyl (C=O) groups is 2. The van der Waals surface area contributed by atoms with Crippen molar-refractivity contribution in [2.75, 3.05) is 5.32 Å². The van der Waals surface area contributed by atoms with Crippen LogP contribution in [0.1, 0.15) is 34.6 Å². The molecule has 114 valence electrons. The van der Waals surface area contributed by atoms with E-state index in [1.807, 2.05) is 13.8 Å². The van der Waals surface area contributed by atoms with Crippen LogP contribution >= 0.6 is 0 Å². The van der Waals surface area contributed by atoms with Crippen LogP contribution < -0.4 is 15.8 Å². The van der Waals surface area contributed by atoms with Gasteiger partial charge >= 0.3 is 0 Å². The molecule has 0 radical (unpaired) electrons. The summed E-state index contributed by atoms with van der Waals surface area (Å²) in [6, 6.07) is 13.4. The molecule has 0 saturated carbocycles. The van der Waals surface area contributed by atoms with Gasteiger partial charge in [-0.05, 0) is 56.3 Å². The van der Waals surface area contributed by atoms with E-state index in [-0.39, 0.29) is 12.0 Å². The fourth-order valence-electron chi connectivity index (χ4n) is 1.90. The van der Waals surface area contributed by atoms with Crippen molar-refractivity contribution in [2.45, 2.75) is 20.0 Å². The highest BCUT2D eigenvalue weighted by molar-refractivity contribution is 6.04. The van der Waals surface area contributed by atoms with E-state index in [1.54, 1.807) is 48.5 Å². The van der Waals surface area contributed by atoms with Crippen LogP contribution in [0.2, 0.25) is 0 Å². The Kier molecular flexibility index (Phi) is 4.78. The van der Waals surface area contributed by atoms with Crippen molar-refractivity contribution >= 4 is 17.5 Å². The largest absolute Gasteiger partial charge is 0.491 e. The van der Waals surface area contributed by atoms with E-state index in [4.69, 9.17) is 10.5 Å². The lowest BCUT2D eigenvalue weighted by Crippen LogP contribution is -2.14. The van der Waals surface area contributed by atoms with Crippen LogP contribution in [0.25, 0.3) is 0 Å². The third-order valence-corrected chi connectivity index (χ3v) is 2.90. The molecule has 2 aromatic carbocycles. The third-order valence-electron chi connectivity index (χ3n) is 2.90. The summed E-state index contributed by atoms with van der Waals surface area (Å²) in [5, 5.41) is 2.76. The Labute approximate surface area is 129 Å². The van der Waals surface area contributed by atoms with E-state index in [0.29, 0.717) is 22.6 Å². The van der Waals surface area contributed by atoms with Crippen molar-refractivity contribution in [1.29, 1.82) is 0 Å². The third kappa shape index (κ3) is 4.09. The molecule has 0 atom stereocenters. The summed E-state index contributed by atoms with van der Waals surface area (Å²) in [6.45, 7) is 3.85. The van der Waals surface area contributed by atoms with E-state index < -0.39 is 5.91 Å². The van der Waals surface area contributed by atoms with Crippen molar-refractivity contribution < 1.29 is 14.3 Å². The smallest absolute Gasteiger partial charge is 0.255 e. The zero-order valence-corrected chi connectivity index (χ0v) is 12.5. The molecule has 3 N–H and O–H groups in total. The lowest BCUT2D eigenvalue weighted by molar-refractivity contribution is 0.0998. The number of carbonyl (C=O) groups excluding carboxylic acids is 2. The molecule has 2 amide bonds. The van der Waals surface area contributed by atoms with Gasteiger partial charge in [0.1, 0.15) is 5.75 Å². The maximum atomic E-state index is 12.2. The van der Waals surface area contributed by atoms with Crippen LogP contribution in [0.5, 0.6) is 5.75 Å². The Hall–Kier alpha value is -2.82. The molecule has 0 saturated heterocycles. The van der Waals surface area contributed by atoms with Crippen LogP contribution in [-0.4, -0.2) is 17.9 Å². The van der Waals surface area contributed by atoms with Gasteiger partial charge in [0.05, 0.1) is 6.10 Å². The molecule has 0 aliphatic carbocycles. The lowest BCUT2D eigenvalue weighted by atomic mass is 10.1. The van der Waals surface area contributed by atoms with Gasteiger partial charge in [-0.2, -0.15) is 0 Å². The van der Waals surface area contributed by atoms with Crippen LogP contribution in [0, 0.1) is 0 Å². The predicted molar refractivity (Wildman–Crippen MR) is 85.1 cm³/mol. The highest BCUT2D eigenvalue weighted by atomic mass is 16.5. The fourth-order valence-corrected chi connectivity index (χ4v) is 1.90. The quantitative estimate of drug-likeness (QED) is 0.890. The van der Waals surface area contributed by atoms with Gasteiger partial charge in [0.2, 0.25) is 5.91 Å². The van der Waals surface area contributed by atoms with Gasteiger partial charge in [-0.15, -0.1) is 0 Å². The number of benzene rings is 2. The zero-order valence-electron chi connectivity index (χ0n) is 12.5. The Morgan fingerprint density at radius 1 is 1.05 bits per heavy atom. The van der Waals surface area contributed by atoms with Crippen molar-refractivity contribution in [3.8, 4) is 5.75 Å². The second kappa shape index (κ2) is 6.76. The average Bonchev–Trinajstić information content (AvgIpc) is 2.47. The molecule has 0 fully saturated rings. The molecular weight excluding hydrogens is 280 g/mol. The molecule has 0 unspecified atom stereocenters. The minimum absolute atomic E-state index is 0.0413. The van der Waals surface area contributed by atoms with Gasteiger partial charge in [-0.3, -0.25) is 9.59 Å². The first-order valence-corrected chi connectivity index (χ1v) is 6.93. The molecule has 0 aliphatic heterocycles. The monoisotopic (exact) mass is 298 g/mol. The second-order valence-corrected chi connectivity index (χ2v) is 5.09. The average molecular weight is 298 g/mol. The van der Waals surface area contributed by atoms with Crippen LogP contribution in [0.4, 0.5) is 5.69 Å². The van der Waals surface area contributed by atoms with Gasteiger partial charge in [0.15, 0.2) is 0 Å². The summed E-state index contributed by atoms with van der Waals surface area (Å²) in [4.78, 5) is 23.2. The van der Waals surface area contributed by atoms with E-state index >= 15 is 0 Å². The molecule has 0 aromatic heterocycles. The molecule has 5 heteroatoms. The first-order chi connectivity index (χ1) is 10.5. The molecule has 0 aliphatic rings. The number of ether oxygens (including phenoxy) is 1. The highest BCUT2D eigenvalue weighted by Gasteiger charge is 2.08. The van der Waals surface area contributed by atoms with Gasteiger partial charge in [0.25, 0.3) is 5.91 Å². The number of amides is 2. The van der Waals surface area contributed by atoms with E-state index in [9.17, 15) is 9.59 Å². The highest BCUT2D eigenvalue weighted by Crippen LogP contribution is 2.17. The Balaban J connectivity index is 2.10. The minimum atomic E-state index is -0.503. The molecule has 2 rings (SSSR count). The maximum absolute atomic E-state index is 12.2. The van der Waals surface area contributed by atoms with E-state index in [0.717, 1.165) is 0 Å². The number of nitrogens with two attached hydrogens (primary N) is 1. The number of nitrogens with one attached hydrogen (secondary N) is 1. The summed E-state index contributed by atoms with van der Waals surface area (Å²) in [5.74, 6) is -0.107. The number of anilines is 1. The Morgan fingerprint density at radius 2 is 1.73 bits per heavy atom. The number of hydrogen-bond donors (Lipinski definition) is 2. The first kappa shape index (κ1) is 15.6. The molecule has 5 nitrogen and oxygen atoms in total. The molecule has 2 aromatic rings. The van der Waals surface area contributed by atoms with Crippen LogP contribution in [-0.2, 0) is 0 Å². The molecule has 0 heterocycles. The summed E-state index contributed by atoms with van der Waals surface area (Å²) in [5.41, 5.74) is 6.65. The first-order valence-electron chi connectivity index (χ1n) is 6.93. The Morgan fingerprint density at radius 3 is 2.32 bits per heavy atom. The Bertz CT molecular complexity index is 679. The number of hydrogen-bond acceptors (Lipinski definition) is 3. The predicted octanol–water partition coefficient (Wildman–Crippen LogP) is 2.83. The maximum Gasteiger partial charge on any atom is 0.255 e. The summed E-state index contributed by atoms with van der Waals surface area (Å²) >= 11 is 0. The van der Waals surface area contributed by atoms with Crippen LogP contribution in [0.15, 0.2) is 48.5 Å². The van der Waals surface area contributed by atoms with Crippen molar-refractivity contribution in [3.05, 3.63) is 59.7 Å². The van der Waals surface area contributed by atoms with Crippen molar-refractivity contribution in [1.82, 2.24) is 0 Å². The zero-order chi connectivity index (χ0) is 16.1. The lowest BCUT2D eigenvalue weighted by Gasteiger charge is -2.11. The molecule has 0 bridgehead atoms. The van der Waals surface area contributed by atoms with Crippen molar-refractivity contribution in [3.63, 3.8) is 0 Å². The standard InChI is InChI=1S/C17H18N2O3/c1-11(2)22-15-5-3-4-13(10-15)17(21)19-14-8-6-12(7-9-14)16(18)20/h3-11H,1-2H3,(H2,18,20)(H,19,21). The van der Waals surface area contributed by atoms with E-state index in [2.05, 4.69) is 5.32 Å². The van der Waals surface area contributed by atoms with Crippen molar-refractivity contribution in [2.24, 2.45) is 5.73 Å². The molecule has 22 heavy (non-hydrogen) atoms. The summed E-state index contributed by atoms with van der Waals surface area (Å²) in [6.07, 6.45) is 0.0413. The number of primary amides is 1. The minimum Gasteiger partial charge on any atom is -0.491 e.